The topological polar surface area (TPSA) is 79.5 Å². The monoisotopic (exact) mass is 349 g/mol. The van der Waals surface area contributed by atoms with Gasteiger partial charge in [0.1, 0.15) is 17.7 Å². The van der Waals surface area contributed by atoms with E-state index in [0.717, 1.165) is 12.1 Å². The van der Waals surface area contributed by atoms with Crippen LogP contribution in [0.15, 0.2) is 42.5 Å². The summed E-state index contributed by atoms with van der Waals surface area (Å²) in [4.78, 5) is 23.7. The van der Waals surface area contributed by atoms with Gasteiger partial charge in [-0.1, -0.05) is 6.07 Å². The average molecular weight is 349 g/mol. The number of methoxy groups -OCH3 is 1. The molecule has 0 saturated carbocycles. The summed E-state index contributed by atoms with van der Waals surface area (Å²) in [6, 6.07) is 8.50. The van der Waals surface area contributed by atoms with Crippen molar-refractivity contribution >= 4 is 29.0 Å². The first-order valence-corrected chi connectivity index (χ1v) is 7.36. The van der Waals surface area contributed by atoms with Crippen molar-refractivity contribution in [3.8, 4) is 0 Å². The smallest absolute Gasteiger partial charge is 0.323 e. The van der Waals surface area contributed by atoms with E-state index in [0.29, 0.717) is 17.4 Å². The molecular formula is C17H17F2N3O3. The normalized spacial score (nSPS) is 11.5. The fourth-order valence-electron chi connectivity index (χ4n) is 1.90. The molecule has 6 nitrogen and oxygen atoms in total. The van der Waals surface area contributed by atoms with Crippen LogP contribution in [-0.2, 0) is 9.53 Å². The third-order valence-corrected chi connectivity index (χ3v) is 3.29. The van der Waals surface area contributed by atoms with Gasteiger partial charge < -0.3 is 20.7 Å². The lowest BCUT2D eigenvalue weighted by molar-refractivity contribution is -0.124. The van der Waals surface area contributed by atoms with Crippen LogP contribution >= 0.6 is 0 Å². The summed E-state index contributed by atoms with van der Waals surface area (Å²) in [5.41, 5.74) is 0.680. The molecule has 0 unspecified atom stereocenters. The summed E-state index contributed by atoms with van der Waals surface area (Å²) in [5.74, 6) is -1.96. The van der Waals surface area contributed by atoms with E-state index in [1.807, 2.05) is 0 Å². The second-order valence-electron chi connectivity index (χ2n) is 5.15. The second-order valence-corrected chi connectivity index (χ2v) is 5.15. The van der Waals surface area contributed by atoms with Crippen LogP contribution < -0.4 is 16.0 Å². The molecule has 2 aromatic carbocycles. The Balaban J connectivity index is 2.01. The average Bonchev–Trinajstić information content (AvgIpc) is 2.57. The minimum atomic E-state index is -0.885. The van der Waals surface area contributed by atoms with Gasteiger partial charge in [-0.05, 0) is 37.3 Å². The number of amides is 3. The van der Waals surface area contributed by atoms with Crippen LogP contribution in [0.4, 0.5) is 30.6 Å². The number of halogens is 2. The Labute approximate surface area is 143 Å². The Morgan fingerprint density at radius 3 is 2.32 bits per heavy atom. The first-order valence-electron chi connectivity index (χ1n) is 7.36. The molecule has 0 aliphatic heterocycles. The molecule has 3 amide bonds. The van der Waals surface area contributed by atoms with Crippen molar-refractivity contribution in [1.82, 2.24) is 0 Å². The van der Waals surface area contributed by atoms with E-state index in [1.165, 1.54) is 13.2 Å². The number of hydrogen-bond acceptors (Lipinski definition) is 3. The maximum absolute atomic E-state index is 13.5. The van der Waals surface area contributed by atoms with Crippen LogP contribution in [0.25, 0.3) is 0 Å². The minimum Gasteiger partial charge on any atom is -0.372 e. The Hall–Kier alpha value is -3.00. The highest BCUT2D eigenvalue weighted by Crippen LogP contribution is 2.18. The number of nitrogens with one attached hydrogen (secondary N) is 3. The van der Waals surface area contributed by atoms with Gasteiger partial charge in [0.2, 0.25) is 0 Å². The van der Waals surface area contributed by atoms with Gasteiger partial charge in [0, 0.05) is 24.6 Å². The highest BCUT2D eigenvalue weighted by Gasteiger charge is 2.12. The summed E-state index contributed by atoms with van der Waals surface area (Å²) < 4.78 is 31.3. The number of carbonyl (C=O) groups excluding carboxylic acids is 2. The minimum absolute atomic E-state index is 0.155. The predicted molar refractivity (Wildman–Crippen MR) is 90.5 cm³/mol. The Bertz CT molecular complexity index is 783. The Kier molecular flexibility index (Phi) is 6.02. The molecule has 3 N–H and O–H groups in total. The molecule has 25 heavy (non-hydrogen) atoms. The lowest BCUT2D eigenvalue weighted by Gasteiger charge is -2.12. The lowest BCUT2D eigenvalue weighted by atomic mass is 10.2. The van der Waals surface area contributed by atoms with E-state index in [-0.39, 0.29) is 11.6 Å². The van der Waals surface area contributed by atoms with Gasteiger partial charge in [-0.3, -0.25) is 4.79 Å². The number of urea groups is 1. The number of benzene rings is 2. The van der Waals surface area contributed by atoms with Crippen LogP contribution in [0.5, 0.6) is 0 Å². The molecule has 2 aromatic rings. The zero-order valence-electron chi connectivity index (χ0n) is 13.6. The molecule has 0 saturated heterocycles. The van der Waals surface area contributed by atoms with E-state index in [2.05, 4.69) is 16.0 Å². The van der Waals surface area contributed by atoms with Crippen LogP contribution in [0.1, 0.15) is 6.92 Å². The zero-order chi connectivity index (χ0) is 18.4. The fraction of sp³-hybridized carbons (Fsp3) is 0.176. The van der Waals surface area contributed by atoms with Gasteiger partial charge in [0.05, 0.1) is 5.69 Å². The third kappa shape index (κ3) is 5.25. The Morgan fingerprint density at radius 1 is 1.00 bits per heavy atom. The molecule has 0 bridgehead atoms. The predicted octanol–water partition coefficient (Wildman–Crippen LogP) is 3.58. The maximum atomic E-state index is 13.5. The van der Waals surface area contributed by atoms with Gasteiger partial charge in [0.25, 0.3) is 5.91 Å². The van der Waals surface area contributed by atoms with Crippen molar-refractivity contribution in [2.24, 2.45) is 0 Å². The first kappa shape index (κ1) is 18.3. The number of carbonyl (C=O) groups is 2. The third-order valence-electron chi connectivity index (χ3n) is 3.29. The fourth-order valence-corrected chi connectivity index (χ4v) is 1.90. The van der Waals surface area contributed by atoms with Crippen molar-refractivity contribution in [2.45, 2.75) is 13.0 Å². The number of ether oxygens (including phenoxy) is 1. The zero-order valence-corrected chi connectivity index (χ0v) is 13.6. The van der Waals surface area contributed by atoms with E-state index in [1.54, 1.807) is 25.1 Å². The molecule has 0 radical (unpaired) electrons. The number of anilines is 3. The second kappa shape index (κ2) is 8.20. The van der Waals surface area contributed by atoms with Gasteiger partial charge in [-0.2, -0.15) is 0 Å². The SMILES string of the molecule is CO[C@H](C)C(=O)Nc1cccc(NC(=O)Nc2ccc(F)cc2F)c1. The largest absolute Gasteiger partial charge is 0.372 e. The van der Waals surface area contributed by atoms with Crippen molar-refractivity contribution in [2.75, 3.05) is 23.1 Å². The van der Waals surface area contributed by atoms with E-state index in [4.69, 9.17) is 4.74 Å². The van der Waals surface area contributed by atoms with Crippen LogP contribution in [0, 0.1) is 11.6 Å². The summed E-state index contributed by atoms with van der Waals surface area (Å²) >= 11 is 0. The van der Waals surface area contributed by atoms with Crippen LogP contribution in [-0.4, -0.2) is 25.2 Å². The van der Waals surface area contributed by atoms with Crippen molar-refractivity contribution in [3.05, 3.63) is 54.1 Å². The van der Waals surface area contributed by atoms with Crippen molar-refractivity contribution < 1.29 is 23.1 Å². The molecule has 2 rings (SSSR count). The van der Waals surface area contributed by atoms with Crippen LogP contribution in [0.2, 0.25) is 0 Å². The molecule has 0 aliphatic rings. The molecule has 1 atom stereocenters. The summed E-state index contributed by atoms with van der Waals surface area (Å²) in [7, 11) is 1.42. The quantitative estimate of drug-likeness (QED) is 0.772. The molecule has 0 aromatic heterocycles. The van der Waals surface area contributed by atoms with Crippen molar-refractivity contribution in [1.29, 1.82) is 0 Å². The molecule has 0 heterocycles. The first-order chi connectivity index (χ1) is 11.9. The summed E-state index contributed by atoms with van der Waals surface area (Å²) in [6.07, 6.45) is -0.624. The number of hydrogen-bond donors (Lipinski definition) is 3. The standard InChI is InChI=1S/C17H17F2N3O3/c1-10(25-2)16(23)20-12-4-3-5-13(9-12)21-17(24)22-15-7-6-11(18)8-14(15)19/h3-10H,1-2H3,(H,20,23)(H2,21,22,24)/t10-/m1/s1. The molecule has 8 heteroatoms. The molecule has 132 valence electrons. The summed E-state index contributed by atoms with van der Waals surface area (Å²) in [6.45, 7) is 1.60. The van der Waals surface area contributed by atoms with E-state index >= 15 is 0 Å². The van der Waals surface area contributed by atoms with Gasteiger partial charge >= 0.3 is 6.03 Å². The Morgan fingerprint density at radius 2 is 1.68 bits per heavy atom. The van der Waals surface area contributed by atoms with E-state index in [9.17, 15) is 18.4 Å². The summed E-state index contributed by atoms with van der Waals surface area (Å²) in [5, 5.41) is 7.40. The van der Waals surface area contributed by atoms with Gasteiger partial charge in [0.15, 0.2) is 0 Å². The van der Waals surface area contributed by atoms with Gasteiger partial charge in [-0.25, -0.2) is 13.6 Å². The van der Waals surface area contributed by atoms with E-state index < -0.39 is 23.8 Å². The molecule has 0 spiro atoms. The molecule has 0 aliphatic carbocycles. The number of rotatable bonds is 5. The highest BCUT2D eigenvalue weighted by atomic mass is 19.1. The van der Waals surface area contributed by atoms with Gasteiger partial charge in [-0.15, -0.1) is 0 Å². The van der Waals surface area contributed by atoms with Crippen molar-refractivity contribution in [3.63, 3.8) is 0 Å². The maximum Gasteiger partial charge on any atom is 0.323 e. The molecule has 0 fully saturated rings. The highest BCUT2D eigenvalue weighted by molar-refractivity contribution is 6.00. The molecular weight excluding hydrogens is 332 g/mol. The van der Waals surface area contributed by atoms with Crippen LogP contribution in [0.3, 0.4) is 0 Å². The lowest BCUT2D eigenvalue weighted by Crippen LogP contribution is -2.26.